The Morgan fingerprint density at radius 3 is 2.40 bits per heavy atom. The summed E-state index contributed by atoms with van der Waals surface area (Å²) in [4.78, 5) is 21.1. The lowest BCUT2D eigenvalue weighted by Gasteiger charge is -2.06. The Balaban J connectivity index is 2.44. The highest BCUT2D eigenvalue weighted by molar-refractivity contribution is 9.20. The van der Waals surface area contributed by atoms with Crippen LogP contribution in [0.15, 0.2) is 30.3 Å². The maximum absolute atomic E-state index is 11.2. The molecular formula is C10H8Br2O3. The van der Waals surface area contributed by atoms with E-state index in [1.807, 2.05) is 30.3 Å². The molecule has 1 unspecified atom stereocenters. The van der Waals surface area contributed by atoms with Gasteiger partial charge in [0.2, 0.25) is 4.69 Å². The first-order chi connectivity index (χ1) is 7.11. The summed E-state index contributed by atoms with van der Waals surface area (Å²) in [6, 6.07) is 9.26. The number of rotatable bonds is 4. The third kappa shape index (κ3) is 4.13. The fraction of sp³-hybridized carbons (Fsp3) is 0.200. The van der Waals surface area contributed by atoms with E-state index in [9.17, 15) is 9.59 Å². The zero-order chi connectivity index (χ0) is 11.3. The number of ether oxygens (including phenoxy) is 1. The zero-order valence-electron chi connectivity index (χ0n) is 7.65. The van der Waals surface area contributed by atoms with E-state index in [0.717, 1.165) is 5.56 Å². The lowest BCUT2D eigenvalue weighted by molar-refractivity contribution is -0.145. The Morgan fingerprint density at radius 2 is 1.87 bits per heavy atom. The van der Waals surface area contributed by atoms with Crippen LogP contribution in [-0.2, 0) is 20.9 Å². The van der Waals surface area contributed by atoms with E-state index in [-0.39, 0.29) is 6.61 Å². The Morgan fingerprint density at radius 1 is 1.27 bits per heavy atom. The van der Waals surface area contributed by atoms with Gasteiger partial charge in [-0.2, -0.15) is 0 Å². The van der Waals surface area contributed by atoms with Crippen LogP contribution in [0.5, 0.6) is 0 Å². The van der Waals surface area contributed by atoms with E-state index in [2.05, 4.69) is 31.9 Å². The van der Waals surface area contributed by atoms with Crippen LogP contribution in [0.4, 0.5) is 0 Å². The molecule has 1 aromatic carbocycles. The van der Waals surface area contributed by atoms with Crippen molar-refractivity contribution in [1.82, 2.24) is 0 Å². The highest BCUT2D eigenvalue weighted by atomic mass is 79.9. The molecule has 1 atom stereocenters. The van der Waals surface area contributed by atoms with Gasteiger partial charge >= 0.3 is 5.97 Å². The second-order valence-corrected chi connectivity index (χ2v) is 4.46. The predicted octanol–water partition coefficient (Wildman–Crippen LogP) is 2.41. The van der Waals surface area contributed by atoms with Crippen molar-refractivity contribution in [3.05, 3.63) is 35.9 Å². The zero-order valence-corrected chi connectivity index (χ0v) is 10.8. The lowest BCUT2D eigenvalue weighted by Crippen LogP contribution is -2.22. The Labute approximate surface area is 104 Å². The van der Waals surface area contributed by atoms with Crippen molar-refractivity contribution in [3.63, 3.8) is 0 Å². The van der Waals surface area contributed by atoms with Gasteiger partial charge in [0.1, 0.15) is 6.61 Å². The molecule has 0 saturated carbocycles. The Hall–Kier alpha value is -0.680. The molecule has 0 fully saturated rings. The number of alkyl halides is 1. The van der Waals surface area contributed by atoms with Gasteiger partial charge in [-0.15, -0.1) is 0 Å². The van der Waals surface area contributed by atoms with Crippen molar-refractivity contribution in [2.75, 3.05) is 0 Å². The summed E-state index contributed by atoms with van der Waals surface area (Å²) in [7, 11) is 0. The van der Waals surface area contributed by atoms with E-state index < -0.39 is 15.5 Å². The molecule has 0 N–H and O–H groups in total. The van der Waals surface area contributed by atoms with Gasteiger partial charge in [0.25, 0.3) is 0 Å². The number of halogens is 2. The molecule has 0 aromatic heterocycles. The van der Waals surface area contributed by atoms with Gasteiger partial charge < -0.3 is 4.74 Å². The SMILES string of the molecule is O=C(Br)C(Br)C(=O)OCc1ccccc1. The fourth-order valence-corrected chi connectivity index (χ4v) is 1.21. The molecule has 0 saturated heterocycles. The van der Waals surface area contributed by atoms with Crippen LogP contribution in [0.3, 0.4) is 0 Å². The minimum absolute atomic E-state index is 0.169. The van der Waals surface area contributed by atoms with Crippen LogP contribution in [0.1, 0.15) is 5.56 Å². The summed E-state index contributed by atoms with van der Waals surface area (Å²) in [6.45, 7) is 0.169. The lowest BCUT2D eigenvalue weighted by atomic mass is 10.2. The Bertz CT molecular complexity index is 351. The summed E-state index contributed by atoms with van der Waals surface area (Å²) in [5.41, 5.74) is 0.882. The van der Waals surface area contributed by atoms with Crippen LogP contribution in [-0.4, -0.2) is 15.5 Å². The predicted molar refractivity (Wildman–Crippen MR) is 62.9 cm³/mol. The second-order valence-electron chi connectivity index (χ2n) is 2.76. The molecule has 0 amide bonds. The van der Waals surface area contributed by atoms with Gasteiger partial charge in [-0.3, -0.25) is 9.59 Å². The molecule has 0 aliphatic carbocycles. The fourth-order valence-electron chi connectivity index (χ4n) is 0.895. The molecule has 0 aliphatic heterocycles. The Kier molecular flexibility index (Phi) is 4.98. The van der Waals surface area contributed by atoms with Crippen molar-refractivity contribution in [1.29, 1.82) is 0 Å². The average molecular weight is 336 g/mol. The van der Waals surface area contributed by atoms with Crippen LogP contribution in [0.2, 0.25) is 0 Å². The minimum Gasteiger partial charge on any atom is -0.460 e. The molecular weight excluding hydrogens is 328 g/mol. The largest absolute Gasteiger partial charge is 0.460 e. The van der Waals surface area contributed by atoms with Crippen molar-refractivity contribution in [2.24, 2.45) is 0 Å². The van der Waals surface area contributed by atoms with Crippen LogP contribution in [0.25, 0.3) is 0 Å². The molecule has 0 bridgehead atoms. The number of hydrogen-bond donors (Lipinski definition) is 0. The van der Waals surface area contributed by atoms with Crippen LogP contribution < -0.4 is 0 Å². The third-order valence-corrected chi connectivity index (χ3v) is 3.49. The van der Waals surface area contributed by atoms with Crippen molar-refractivity contribution in [3.8, 4) is 0 Å². The quantitative estimate of drug-likeness (QED) is 0.367. The molecule has 0 radical (unpaired) electrons. The molecule has 0 spiro atoms. The molecule has 1 aromatic rings. The first kappa shape index (κ1) is 12.4. The van der Waals surface area contributed by atoms with E-state index >= 15 is 0 Å². The highest BCUT2D eigenvalue weighted by Gasteiger charge is 2.22. The topological polar surface area (TPSA) is 43.4 Å². The smallest absolute Gasteiger partial charge is 0.328 e. The number of carbonyl (C=O) groups excluding carboxylic acids is 2. The van der Waals surface area contributed by atoms with Gasteiger partial charge in [0, 0.05) is 0 Å². The molecule has 0 aliphatic rings. The van der Waals surface area contributed by atoms with E-state index in [1.54, 1.807) is 0 Å². The van der Waals surface area contributed by atoms with E-state index in [0.29, 0.717) is 0 Å². The van der Waals surface area contributed by atoms with E-state index in [4.69, 9.17) is 4.74 Å². The summed E-state index contributed by atoms with van der Waals surface area (Å²) in [5, 5.41) is 0. The molecule has 3 nitrogen and oxygen atoms in total. The van der Waals surface area contributed by atoms with Gasteiger partial charge in [-0.05, 0) is 21.5 Å². The number of carbonyl (C=O) groups is 2. The monoisotopic (exact) mass is 334 g/mol. The van der Waals surface area contributed by atoms with Gasteiger partial charge in [0.15, 0.2) is 4.83 Å². The molecule has 80 valence electrons. The van der Waals surface area contributed by atoms with Gasteiger partial charge in [-0.25, -0.2) is 0 Å². The maximum Gasteiger partial charge on any atom is 0.328 e. The number of esters is 1. The molecule has 0 heterocycles. The van der Waals surface area contributed by atoms with E-state index in [1.165, 1.54) is 0 Å². The minimum atomic E-state index is -0.943. The van der Waals surface area contributed by atoms with Gasteiger partial charge in [-0.1, -0.05) is 46.3 Å². The highest BCUT2D eigenvalue weighted by Crippen LogP contribution is 2.10. The summed E-state index contributed by atoms with van der Waals surface area (Å²) in [5.74, 6) is -0.597. The van der Waals surface area contributed by atoms with Crippen LogP contribution in [0, 0.1) is 0 Å². The van der Waals surface area contributed by atoms with Crippen molar-refractivity contribution < 1.29 is 14.3 Å². The second kappa shape index (κ2) is 6.02. The van der Waals surface area contributed by atoms with Crippen molar-refractivity contribution in [2.45, 2.75) is 11.4 Å². The third-order valence-electron chi connectivity index (χ3n) is 1.63. The first-order valence-corrected chi connectivity index (χ1v) is 5.86. The maximum atomic E-state index is 11.2. The van der Waals surface area contributed by atoms with Gasteiger partial charge in [0.05, 0.1) is 0 Å². The number of hydrogen-bond acceptors (Lipinski definition) is 3. The van der Waals surface area contributed by atoms with Crippen LogP contribution >= 0.6 is 31.9 Å². The molecule has 1 rings (SSSR count). The summed E-state index contributed by atoms with van der Waals surface area (Å²) < 4.78 is 4.47. The molecule has 5 heteroatoms. The summed E-state index contributed by atoms with van der Waals surface area (Å²) >= 11 is 5.59. The number of benzene rings is 1. The average Bonchev–Trinajstić information content (AvgIpc) is 2.26. The summed E-state index contributed by atoms with van der Waals surface area (Å²) in [6.07, 6.45) is 0. The van der Waals surface area contributed by atoms with Crippen molar-refractivity contribution >= 4 is 42.5 Å². The molecule has 15 heavy (non-hydrogen) atoms. The first-order valence-electron chi connectivity index (χ1n) is 4.15. The normalized spacial score (nSPS) is 11.9. The standard InChI is InChI=1S/C10H8Br2O3/c11-8(9(12)13)10(14)15-6-7-4-2-1-3-5-7/h1-5,8H,6H2.